The molecule has 0 amide bonds. The molecule has 0 bridgehead atoms. The first kappa shape index (κ1) is 10.0. The predicted molar refractivity (Wildman–Crippen MR) is 51.3 cm³/mol. The molecule has 2 nitrogen and oxygen atoms in total. The third kappa shape index (κ3) is 4.07. The van der Waals surface area contributed by atoms with Crippen LogP contribution in [0.2, 0.25) is 0 Å². The lowest BCUT2D eigenvalue weighted by molar-refractivity contribution is 0.0718. The minimum atomic E-state index is 0.668. The van der Waals surface area contributed by atoms with Crippen molar-refractivity contribution in [1.82, 2.24) is 5.32 Å². The first-order valence-corrected chi connectivity index (χ1v) is 5.07. The Hall–Kier alpha value is -0.0800. The fourth-order valence-corrected chi connectivity index (χ4v) is 1.54. The molecule has 1 heterocycles. The highest BCUT2D eigenvalue weighted by molar-refractivity contribution is 4.68. The maximum atomic E-state index is 5.59. The zero-order valence-electron chi connectivity index (χ0n) is 8.31. The molecule has 1 N–H and O–H groups in total. The smallest absolute Gasteiger partial charge is 0.0506 e. The number of ether oxygens (including phenoxy) is 1. The van der Waals surface area contributed by atoms with Gasteiger partial charge in [-0.3, -0.25) is 0 Å². The van der Waals surface area contributed by atoms with Gasteiger partial charge in [0, 0.05) is 13.2 Å². The summed E-state index contributed by atoms with van der Waals surface area (Å²) < 4.78 is 5.59. The van der Waals surface area contributed by atoms with Crippen LogP contribution in [0.25, 0.3) is 0 Å². The highest BCUT2D eigenvalue weighted by atomic mass is 16.5. The van der Waals surface area contributed by atoms with E-state index in [4.69, 9.17) is 4.74 Å². The molecule has 0 aromatic rings. The van der Waals surface area contributed by atoms with Gasteiger partial charge in [0.15, 0.2) is 0 Å². The summed E-state index contributed by atoms with van der Waals surface area (Å²) in [6, 6.07) is 0. The summed E-state index contributed by atoms with van der Waals surface area (Å²) in [4.78, 5) is 0. The summed E-state index contributed by atoms with van der Waals surface area (Å²) in [5.41, 5.74) is 0. The van der Waals surface area contributed by atoms with Crippen molar-refractivity contribution < 1.29 is 4.74 Å². The van der Waals surface area contributed by atoms with Crippen molar-refractivity contribution in [2.24, 2.45) is 11.8 Å². The van der Waals surface area contributed by atoms with Crippen molar-refractivity contribution >= 4 is 0 Å². The summed E-state index contributed by atoms with van der Waals surface area (Å²) in [5.74, 6) is 1.43. The molecular formula is C10H21NO. The third-order valence-electron chi connectivity index (χ3n) is 2.20. The van der Waals surface area contributed by atoms with Gasteiger partial charge in [0.1, 0.15) is 0 Å². The summed E-state index contributed by atoms with van der Waals surface area (Å²) in [6.45, 7) is 8.60. The van der Waals surface area contributed by atoms with E-state index in [1.54, 1.807) is 0 Å². The molecule has 0 saturated carbocycles. The van der Waals surface area contributed by atoms with Gasteiger partial charge in [-0.2, -0.15) is 0 Å². The van der Waals surface area contributed by atoms with Gasteiger partial charge in [-0.05, 0) is 31.2 Å². The van der Waals surface area contributed by atoms with Crippen molar-refractivity contribution in [3.8, 4) is 0 Å². The maximum absolute atomic E-state index is 5.59. The molecule has 72 valence electrons. The normalized spacial score (nSPS) is 24.8. The highest BCUT2D eigenvalue weighted by Gasteiger charge is 2.12. The first-order valence-electron chi connectivity index (χ1n) is 5.07. The molecule has 1 fully saturated rings. The molecule has 1 rings (SSSR count). The molecule has 1 aliphatic heterocycles. The summed E-state index contributed by atoms with van der Waals surface area (Å²) in [6.07, 6.45) is 2.65. The van der Waals surface area contributed by atoms with E-state index < -0.39 is 0 Å². The Balaban J connectivity index is 1.98. The highest BCUT2D eigenvalue weighted by Crippen LogP contribution is 2.10. The van der Waals surface area contributed by atoms with Gasteiger partial charge in [-0.15, -0.1) is 0 Å². The molecule has 0 aliphatic carbocycles. The lowest BCUT2D eigenvalue weighted by Crippen LogP contribution is -2.32. The lowest BCUT2D eigenvalue weighted by Gasteiger charge is -2.22. The minimum absolute atomic E-state index is 0.668. The van der Waals surface area contributed by atoms with Gasteiger partial charge >= 0.3 is 0 Å². The standard InChI is InChI=1S/C10H21NO/c1-9(2)7-12-8-10-4-3-5-11-6-10/h9-11H,3-8H2,1-2H3. The van der Waals surface area contributed by atoms with E-state index in [0.717, 1.165) is 25.7 Å². The fraction of sp³-hybridized carbons (Fsp3) is 1.00. The number of rotatable bonds is 4. The minimum Gasteiger partial charge on any atom is -0.381 e. The molecule has 1 atom stereocenters. The van der Waals surface area contributed by atoms with Crippen molar-refractivity contribution in [3.63, 3.8) is 0 Å². The van der Waals surface area contributed by atoms with Crippen LogP contribution in [0.5, 0.6) is 0 Å². The van der Waals surface area contributed by atoms with Crippen LogP contribution in [0.15, 0.2) is 0 Å². The molecule has 0 aromatic heterocycles. The molecule has 0 aromatic carbocycles. The van der Waals surface area contributed by atoms with Gasteiger partial charge in [0.2, 0.25) is 0 Å². The zero-order chi connectivity index (χ0) is 8.81. The van der Waals surface area contributed by atoms with Crippen LogP contribution in [0, 0.1) is 11.8 Å². The van der Waals surface area contributed by atoms with Crippen LogP contribution in [0.3, 0.4) is 0 Å². The lowest BCUT2D eigenvalue weighted by atomic mass is 10.0. The van der Waals surface area contributed by atoms with Gasteiger partial charge in [0.25, 0.3) is 0 Å². The average Bonchev–Trinajstić information content (AvgIpc) is 2.05. The van der Waals surface area contributed by atoms with Gasteiger partial charge < -0.3 is 10.1 Å². The van der Waals surface area contributed by atoms with Crippen molar-refractivity contribution in [3.05, 3.63) is 0 Å². The molecule has 2 heteroatoms. The Kier molecular flexibility index (Phi) is 4.62. The van der Waals surface area contributed by atoms with E-state index in [-0.39, 0.29) is 0 Å². The molecule has 0 radical (unpaired) electrons. The monoisotopic (exact) mass is 171 g/mol. The molecule has 0 spiro atoms. The van der Waals surface area contributed by atoms with Crippen molar-refractivity contribution in [2.75, 3.05) is 26.3 Å². The largest absolute Gasteiger partial charge is 0.381 e. The summed E-state index contributed by atoms with van der Waals surface area (Å²) >= 11 is 0. The fourth-order valence-electron chi connectivity index (χ4n) is 1.54. The SMILES string of the molecule is CC(C)COCC1CCCNC1. The Bertz CT molecular complexity index is 108. The van der Waals surface area contributed by atoms with Crippen LogP contribution in [-0.4, -0.2) is 26.3 Å². The van der Waals surface area contributed by atoms with E-state index in [0.29, 0.717) is 5.92 Å². The summed E-state index contributed by atoms with van der Waals surface area (Å²) in [7, 11) is 0. The van der Waals surface area contributed by atoms with Crippen LogP contribution >= 0.6 is 0 Å². The molecule has 1 aliphatic rings. The molecule has 1 unspecified atom stereocenters. The maximum Gasteiger partial charge on any atom is 0.0506 e. The second kappa shape index (κ2) is 5.55. The molecular weight excluding hydrogens is 150 g/mol. The van der Waals surface area contributed by atoms with Crippen LogP contribution in [0.1, 0.15) is 26.7 Å². The van der Waals surface area contributed by atoms with Crippen LogP contribution in [0.4, 0.5) is 0 Å². The van der Waals surface area contributed by atoms with E-state index in [9.17, 15) is 0 Å². The Morgan fingerprint density at radius 2 is 2.33 bits per heavy atom. The Labute approximate surface area is 75.7 Å². The van der Waals surface area contributed by atoms with Crippen LogP contribution < -0.4 is 5.32 Å². The Morgan fingerprint density at radius 3 is 2.92 bits per heavy atom. The predicted octanol–water partition coefficient (Wildman–Crippen LogP) is 1.66. The number of nitrogens with one attached hydrogen (secondary N) is 1. The number of hydrogen-bond donors (Lipinski definition) is 1. The quantitative estimate of drug-likeness (QED) is 0.694. The second-order valence-corrected chi connectivity index (χ2v) is 4.14. The van der Waals surface area contributed by atoms with Gasteiger partial charge in [-0.25, -0.2) is 0 Å². The van der Waals surface area contributed by atoms with E-state index in [1.807, 2.05) is 0 Å². The topological polar surface area (TPSA) is 21.3 Å². The molecule has 12 heavy (non-hydrogen) atoms. The zero-order valence-corrected chi connectivity index (χ0v) is 8.31. The van der Waals surface area contributed by atoms with E-state index >= 15 is 0 Å². The Morgan fingerprint density at radius 1 is 1.50 bits per heavy atom. The van der Waals surface area contributed by atoms with Crippen molar-refractivity contribution in [1.29, 1.82) is 0 Å². The average molecular weight is 171 g/mol. The van der Waals surface area contributed by atoms with Gasteiger partial charge in [0.05, 0.1) is 6.61 Å². The van der Waals surface area contributed by atoms with Gasteiger partial charge in [-0.1, -0.05) is 13.8 Å². The first-order chi connectivity index (χ1) is 5.79. The number of hydrogen-bond acceptors (Lipinski definition) is 2. The molecule has 1 saturated heterocycles. The van der Waals surface area contributed by atoms with E-state index in [2.05, 4.69) is 19.2 Å². The third-order valence-corrected chi connectivity index (χ3v) is 2.20. The van der Waals surface area contributed by atoms with E-state index in [1.165, 1.54) is 19.4 Å². The second-order valence-electron chi connectivity index (χ2n) is 4.14. The van der Waals surface area contributed by atoms with Crippen LogP contribution in [-0.2, 0) is 4.74 Å². The summed E-state index contributed by atoms with van der Waals surface area (Å²) in [5, 5.41) is 3.39. The van der Waals surface area contributed by atoms with Crippen molar-refractivity contribution in [2.45, 2.75) is 26.7 Å². The number of piperidine rings is 1.